The van der Waals surface area contributed by atoms with E-state index in [9.17, 15) is 14.0 Å². The summed E-state index contributed by atoms with van der Waals surface area (Å²) in [4.78, 5) is 27.2. The number of rotatable bonds is 5. The summed E-state index contributed by atoms with van der Waals surface area (Å²) in [5, 5.41) is 5.70. The number of nitrogens with zero attached hydrogens (tertiary/aromatic N) is 1. The number of halogens is 2. The standard InChI is InChI=1S/C23H21ClFN3O3/c1-5-16(20(25)10-14(2)24)8-9-23(22(30)26-15(3)27-23)13-28-12-17-6-7-18(31-4)11-19(17)21(28)29/h5-7,10-11,27H,1,3,12-13H2,2,4H3,(H,26,30)/b14-10+,20-16-/t23-/m1/s1. The second-order valence-corrected chi connectivity index (χ2v) is 7.69. The number of hydrogen-bond donors (Lipinski definition) is 2. The molecule has 0 aromatic heterocycles. The Morgan fingerprint density at radius 2 is 2.19 bits per heavy atom. The minimum Gasteiger partial charge on any atom is -0.497 e. The van der Waals surface area contributed by atoms with Crippen molar-refractivity contribution in [3.8, 4) is 17.6 Å². The van der Waals surface area contributed by atoms with Gasteiger partial charge in [0, 0.05) is 17.1 Å². The minimum atomic E-state index is -1.51. The van der Waals surface area contributed by atoms with Crippen molar-refractivity contribution in [3.63, 3.8) is 0 Å². The molecule has 0 unspecified atom stereocenters. The maximum Gasteiger partial charge on any atom is 0.265 e. The van der Waals surface area contributed by atoms with E-state index in [1.807, 2.05) is 0 Å². The third kappa shape index (κ3) is 4.49. The van der Waals surface area contributed by atoms with Crippen LogP contribution in [0, 0.1) is 11.8 Å². The highest BCUT2D eigenvalue weighted by Gasteiger charge is 2.46. The lowest BCUT2D eigenvalue weighted by atomic mass is 9.99. The van der Waals surface area contributed by atoms with E-state index < -0.39 is 17.3 Å². The Labute approximate surface area is 185 Å². The molecule has 3 rings (SSSR count). The molecule has 31 heavy (non-hydrogen) atoms. The molecule has 0 bridgehead atoms. The summed E-state index contributed by atoms with van der Waals surface area (Å²) in [7, 11) is 1.52. The molecule has 6 nitrogen and oxygen atoms in total. The van der Waals surface area contributed by atoms with E-state index in [-0.39, 0.29) is 28.9 Å². The number of allylic oxidation sites excluding steroid dienone is 5. The molecule has 2 heterocycles. The molecule has 1 aromatic rings. The van der Waals surface area contributed by atoms with Crippen molar-refractivity contribution in [1.82, 2.24) is 15.5 Å². The fourth-order valence-electron chi connectivity index (χ4n) is 3.34. The van der Waals surface area contributed by atoms with Crippen LogP contribution >= 0.6 is 11.6 Å². The number of fused-ring (bicyclic) bond motifs is 1. The average Bonchev–Trinajstić information content (AvgIpc) is 3.17. The van der Waals surface area contributed by atoms with Crippen LogP contribution in [-0.4, -0.2) is 35.9 Å². The van der Waals surface area contributed by atoms with Crippen LogP contribution in [0.2, 0.25) is 0 Å². The van der Waals surface area contributed by atoms with E-state index >= 15 is 0 Å². The van der Waals surface area contributed by atoms with Crippen molar-refractivity contribution in [2.45, 2.75) is 19.0 Å². The summed E-state index contributed by atoms with van der Waals surface area (Å²) in [5.41, 5.74) is -0.230. The maximum absolute atomic E-state index is 14.3. The Balaban J connectivity index is 1.96. The highest BCUT2D eigenvalue weighted by atomic mass is 35.5. The summed E-state index contributed by atoms with van der Waals surface area (Å²) in [5.74, 6) is 4.81. The van der Waals surface area contributed by atoms with E-state index in [0.29, 0.717) is 17.9 Å². The molecular formula is C23H21ClFN3O3. The Morgan fingerprint density at radius 1 is 1.45 bits per heavy atom. The van der Waals surface area contributed by atoms with E-state index in [1.54, 1.807) is 18.2 Å². The topological polar surface area (TPSA) is 70.7 Å². The minimum absolute atomic E-state index is 0.0349. The van der Waals surface area contributed by atoms with Crippen LogP contribution in [-0.2, 0) is 11.3 Å². The second kappa shape index (κ2) is 8.70. The molecule has 8 heteroatoms. The van der Waals surface area contributed by atoms with Crippen LogP contribution in [0.15, 0.2) is 65.8 Å². The molecule has 1 saturated heterocycles. The van der Waals surface area contributed by atoms with Crippen molar-refractivity contribution in [2.24, 2.45) is 0 Å². The summed E-state index contributed by atoms with van der Waals surface area (Å²) in [6.45, 7) is 9.03. The van der Waals surface area contributed by atoms with Gasteiger partial charge in [0.05, 0.1) is 25.0 Å². The number of hydrogen-bond acceptors (Lipinski definition) is 4. The molecule has 0 spiro atoms. The molecule has 1 fully saturated rings. The largest absolute Gasteiger partial charge is 0.497 e. The first kappa shape index (κ1) is 22.2. The number of benzene rings is 1. The summed E-state index contributed by atoms with van der Waals surface area (Å²) >= 11 is 5.73. The number of amides is 2. The molecule has 2 N–H and O–H groups in total. The molecule has 2 amide bonds. The summed E-state index contributed by atoms with van der Waals surface area (Å²) < 4.78 is 19.5. The predicted octanol–water partition coefficient (Wildman–Crippen LogP) is 3.14. The lowest BCUT2D eigenvalue weighted by Gasteiger charge is -2.27. The van der Waals surface area contributed by atoms with E-state index in [4.69, 9.17) is 16.3 Å². The van der Waals surface area contributed by atoms with Crippen LogP contribution < -0.4 is 15.4 Å². The Morgan fingerprint density at radius 3 is 2.77 bits per heavy atom. The molecule has 2 aliphatic heterocycles. The third-order valence-corrected chi connectivity index (χ3v) is 4.95. The average molecular weight is 442 g/mol. The van der Waals surface area contributed by atoms with Gasteiger partial charge in [0.15, 0.2) is 5.54 Å². The first-order chi connectivity index (χ1) is 14.7. The molecule has 160 valence electrons. The van der Waals surface area contributed by atoms with Crippen molar-refractivity contribution in [2.75, 3.05) is 13.7 Å². The zero-order chi connectivity index (χ0) is 22.8. The zero-order valence-corrected chi connectivity index (χ0v) is 17.9. The van der Waals surface area contributed by atoms with Gasteiger partial charge < -0.3 is 20.3 Å². The lowest BCUT2D eigenvalue weighted by molar-refractivity contribution is -0.122. The maximum atomic E-state index is 14.3. The van der Waals surface area contributed by atoms with Crippen LogP contribution in [0.1, 0.15) is 22.8 Å². The smallest absolute Gasteiger partial charge is 0.265 e. The molecular weight excluding hydrogens is 421 g/mol. The van der Waals surface area contributed by atoms with Crippen molar-refractivity contribution >= 4 is 23.4 Å². The van der Waals surface area contributed by atoms with E-state index in [0.717, 1.165) is 11.6 Å². The Kier molecular flexibility index (Phi) is 6.23. The SMILES string of the molecule is C=C/C(C#C[C@]1(CN2Cc3ccc(OC)cc3C2=O)NC(=C)NC1=O)=C(F)\C=C(/C)Cl. The van der Waals surface area contributed by atoms with Gasteiger partial charge in [-0.1, -0.05) is 48.7 Å². The molecule has 1 atom stereocenters. The lowest BCUT2D eigenvalue weighted by Crippen LogP contribution is -2.54. The predicted molar refractivity (Wildman–Crippen MR) is 117 cm³/mol. The number of carbonyl (C=O) groups excluding carboxylic acids is 2. The van der Waals surface area contributed by atoms with Crippen LogP contribution in [0.5, 0.6) is 5.75 Å². The third-order valence-electron chi connectivity index (χ3n) is 4.84. The van der Waals surface area contributed by atoms with Gasteiger partial charge in [-0.15, -0.1) is 0 Å². The fourth-order valence-corrected chi connectivity index (χ4v) is 3.44. The van der Waals surface area contributed by atoms with Crippen LogP contribution in [0.3, 0.4) is 0 Å². The number of ether oxygens (including phenoxy) is 1. The molecule has 0 radical (unpaired) electrons. The molecule has 0 saturated carbocycles. The van der Waals surface area contributed by atoms with Crippen molar-refractivity contribution in [3.05, 3.63) is 76.9 Å². The van der Waals surface area contributed by atoms with Crippen LogP contribution in [0.25, 0.3) is 0 Å². The molecule has 0 aliphatic carbocycles. The fraction of sp³-hybridized carbons (Fsp3) is 0.217. The van der Waals surface area contributed by atoms with Gasteiger partial charge >= 0.3 is 0 Å². The highest BCUT2D eigenvalue weighted by Crippen LogP contribution is 2.29. The Bertz CT molecular complexity index is 1110. The van der Waals surface area contributed by atoms with Crippen molar-refractivity contribution in [1.29, 1.82) is 0 Å². The first-order valence-corrected chi connectivity index (χ1v) is 9.71. The van der Waals surface area contributed by atoms with Gasteiger partial charge in [0.2, 0.25) is 0 Å². The van der Waals surface area contributed by atoms with Crippen LogP contribution in [0.4, 0.5) is 4.39 Å². The summed E-state index contributed by atoms with van der Waals surface area (Å²) in [6, 6.07) is 5.23. The van der Waals surface area contributed by atoms with Gasteiger partial charge in [-0.3, -0.25) is 9.59 Å². The van der Waals surface area contributed by atoms with Crippen molar-refractivity contribution < 1.29 is 18.7 Å². The van der Waals surface area contributed by atoms with Gasteiger partial charge in [-0.25, -0.2) is 4.39 Å². The van der Waals surface area contributed by atoms with Gasteiger partial charge in [0.1, 0.15) is 11.6 Å². The molecule has 2 aliphatic rings. The number of carbonyl (C=O) groups is 2. The van der Waals surface area contributed by atoms with Gasteiger partial charge in [-0.05, 0) is 30.7 Å². The number of nitrogens with one attached hydrogen (secondary N) is 2. The number of methoxy groups -OCH3 is 1. The Hall–Kier alpha value is -3.50. The first-order valence-electron chi connectivity index (χ1n) is 9.33. The zero-order valence-electron chi connectivity index (χ0n) is 17.1. The monoisotopic (exact) mass is 441 g/mol. The van der Waals surface area contributed by atoms with Gasteiger partial charge in [-0.2, -0.15) is 0 Å². The molecule has 1 aromatic carbocycles. The quantitative estimate of drug-likeness (QED) is 0.544. The van der Waals surface area contributed by atoms with Gasteiger partial charge in [0.25, 0.3) is 11.8 Å². The van der Waals surface area contributed by atoms with E-state index in [2.05, 4.69) is 35.6 Å². The summed E-state index contributed by atoms with van der Waals surface area (Å²) in [6.07, 6.45) is 2.34. The second-order valence-electron chi connectivity index (χ2n) is 7.09. The highest BCUT2D eigenvalue weighted by molar-refractivity contribution is 6.29. The van der Waals surface area contributed by atoms with E-state index in [1.165, 1.54) is 25.0 Å². The normalized spacial score (nSPS) is 21.0.